The molecule has 13 heavy (non-hydrogen) atoms. The van der Waals surface area contributed by atoms with Crippen LogP contribution in [0.15, 0.2) is 18.2 Å². The molecular weight excluding hydrogens is 168 g/mol. The molecule has 0 saturated heterocycles. The van der Waals surface area contributed by atoms with Crippen molar-refractivity contribution in [1.82, 2.24) is 0 Å². The van der Waals surface area contributed by atoms with Gasteiger partial charge in [-0.15, -0.1) is 0 Å². The van der Waals surface area contributed by atoms with Crippen LogP contribution in [0, 0.1) is 6.92 Å². The topological polar surface area (TPSA) is 58.2 Å². The maximum Gasteiger partial charge on any atom is 0.211 e. The van der Waals surface area contributed by atoms with Gasteiger partial charge in [0, 0.05) is 0 Å². The number of aryl methyl sites for hydroxylation is 1. The molecule has 2 amide bonds. The Balaban J connectivity index is 3.08. The van der Waals surface area contributed by atoms with Gasteiger partial charge in [0.15, 0.2) is 0 Å². The summed E-state index contributed by atoms with van der Waals surface area (Å²) in [6.45, 7) is 1.85. The van der Waals surface area contributed by atoms with Crippen molar-refractivity contribution in [2.24, 2.45) is 0 Å². The maximum atomic E-state index is 10.3. The average Bonchev–Trinajstić information content (AvgIpc) is 2.11. The van der Waals surface area contributed by atoms with E-state index in [4.69, 9.17) is 0 Å². The third-order valence-electron chi connectivity index (χ3n) is 1.69. The van der Waals surface area contributed by atoms with E-state index < -0.39 is 0 Å². The molecule has 4 heteroatoms. The number of hydrogen-bond donors (Lipinski definition) is 2. The fraction of sp³-hybridized carbons (Fsp3) is 0.111. The Morgan fingerprint density at radius 2 is 1.85 bits per heavy atom. The Morgan fingerprint density at radius 1 is 1.15 bits per heavy atom. The standard InChI is InChI=1S/C9H10N2O2/c1-7-3-2-4-8(10-5-12)9(7)11-6-13/h2-6H,1H3,(H,10,12)(H,11,13). The van der Waals surface area contributed by atoms with Crippen molar-refractivity contribution in [3.05, 3.63) is 23.8 Å². The van der Waals surface area contributed by atoms with E-state index in [2.05, 4.69) is 10.6 Å². The molecule has 0 aromatic heterocycles. The van der Waals surface area contributed by atoms with Gasteiger partial charge >= 0.3 is 0 Å². The summed E-state index contributed by atoms with van der Waals surface area (Å²) in [5.74, 6) is 0. The van der Waals surface area contributed by atoms with Crippen LogP contribution in [0.4, 0.5) is 11.4 Å². The first kappa shape index (κ1) is 9.25. The fourth-order valence-electron chi connectivity index (χ4n) is 1.10. The van der Waals surface area contributed by atoms with Crippen molar-refractivity contribution in [3.8, 4) is 0 Å². The number of hydrogen-bond acceptors (Lipinski definition) is 2. The van der Waals surface area contributed by atoms with Crippen LogP contribution in [0.25, 0.3) is 0 Å². The Kier molecular flexibility index (Phi) is 3.03. The number of amides is 2. The smallest absolute Gasteiger partial charge is 0.211 e. The molecule has 68 valence electrons. The molecule has 0 atom stereocenters. The molecule has 2 N–H and O–H groups in total. The molecule has 1 aromatic carbocycles. The first-order valence-electron chi connectivity index (χ1n) is 3.79. The summed E-state index contributed by atoms with van der Waals surface area (Å²) < 4.78 is 0. The Labute approximate surface area is 75.9 Å². The maximum absolute atomic E-state index is 10.3. The number of rotatable bonds is 4. The molecule has 0 spiro atoms. The van der Waals surface area contributed by atoms with Crippen molar-refractivity contribution >= 4 is 24.2 Å². The number of anilines is 2. The van der Waals surface area contributed by atoms with Crippen LogP contribution in [-0.4, -0.2) is 12.8 Å². The van der Waals surface area contributed by atoms with Crippen LogP contribution in [-0.2, 0) is 9.59 Å². The van der Waals surface area contributed by atoms with Crippen LogP contribution in [0.3, 0.4) is 0 Å². The van der Waals surface area contributed by atoms with Gasteiger partial charge in [-0.3, -0.25) is 9.59 Å². The summed E-state index contributed by atoms with van der Waals surface area (Å²) in [7, 11) is 0. The summed E-state index contributed by atoms with van der Waals surface area (Å²) in [4.78, 5) is 20.5. The van der Waals surface area contributed by atoms with Gasteiger partial charge in [-0.05, 0) is 18.6 Å². The molecule has 0 radical (unpaired) electrons. The van der Waals surface area contributed by atoms with Gasteiger partial charge in [0.25, 0.3) is 0 Å². The molecule has 1 rings (SSSR count). The van der Waals surface area contributed by atoms with Crippen molar-refractivity contribution in [1.29, 1.82) is 0 Å². The highest BCUT2D eigenvalue weighted by atomic mass is 16.1. The zero-order chi connectivity index (χ0) is 9.68. The molecule has 0 unspecified atom stereocenters. The summed E-state index contributed by atoms with van der Waals surface area (Å²) in [5.41, 5.74) is 2.13. The third-order valence-corrected chi connectivity index (χ3v) is 1.69. The summed E-state index contributed by atoms with van der Waals surface area (Å²) in [5, 5.41) is 5.03. The van der Waals surface area contributed by atoms with Crippen LogP contribution in [0.5, 0.6) is 0 Å². The van der Waals surface area contributed by atoms with E-state index in [-0.39, 0.29) is 0 Å². The van der Waals surface area contributed by atoms with E-state index in [1.807, 2.05) is 13.0 Å². The second-order valence-electron chi connectivity index (χ2n) is 2.52. The van der Waals surface area contributed by atoms with Crippen LogP contribution in [0.2, 0.25) is 0 Å². The van der Waals surface area contributed by atoms with E-state index in [1.165, 1.54) is 0 Å². The molecule has 0 aliphatic carbocycles. The molecule has 0 bridgehead atoms. The molecule has 0 fully saturated rings. The van der Waals surface area contributed by atoms with Crippen molar-refractivity contribution in [3.63, 3.8) is 0 Å². The number of carbonyl (C=O) groups excluding carboxylic acids is 2. The predicted octanol–water partition coefficient (Wildman–Crippen LogP) is 1.13. The molecule has 1 aromatic rings. The normalized spacial score (nSPS) is 9.00. The zero-order valence-electron chi connectivity index (χ0n) is 7.20. The van der Waals surface area contributed by atoms with Gasteiger partial charge in [-0.1, -0.05) is 12.1 Å². The van der Waals surface area contributed by atoms with Crippen LogP contribution < -0.4 is 10.6 Å². The summed E-state index contributed by atoms with van der Waals surface area (Å²) >= 11 is 0. The second-order valence-corrected chi connectivity index (χ2v) is 2.52. The van der Waals surface area contributed by atoms with E-state index >= 15 is 0 Å². The quantitative estimate of drug-likeness (QED) is 0.679. The Morgan fingerprint density at radius 3 is 2.46 bits per heavy atom. The van der Waals surface area contributed by atoms with E-state index in [0.29, 0.717) is 24.2 Å². The molecular formula is C9H10N2O2. The number of para-hydroxylation sites is 1. The number of carbonyl (C=O) groups is 2. The summed E-state index contributed by atoms with van der Waals surface area (Å²) in [6, 6.07) is 5.37. The SMILES string of the molecule is Cc1cccc(NC=O)c1NC=O. The van der Waals surface area contributed by atoms with Crippen molar-refractivity contribution < 1.29 is 9.59 Å². The highest BCUT2D eigenvalue weighted by molar-refractivity contribution is 5.88. The lowest BCUT2D eigenvalue weighted by molar-refractivity contribution is -0.106. The molecule has 0 aliphatic heterocycles. The van der Waals surface area contributed by atoms with Gasteiger partial charge in [-0.25, -0.2) is 0 Å². The lowest BCUT2D eigenvalue weighted by Gasteiger charge is -2.09. The minimum atomic E-state index is 0.574. The highest BCUT2D eigenvalue weighted by Crippen LogP contribution is 2.24. The van der Waals surface area contributed by atoms with Crippen molar-refractivity contribution in [2.75, 3.05) is 10.6 Å². The second kappa shape index (κ2) is 4.25. The average molecular weight is 178 g/mol. The van der Waals surface area contributed by atoms with Gasteiger partial charge < -0.3 is 10.6 Å². The van der Waals surface area contributed by atoms with E-state index in [0.717, 1.165) is 5.56 Å². The monoisotopic (exact) mass is 178 g/mol. The van der Waals surface area contributed by atoms with E-state index in [9.17, 15) is 9.59 Å². The third kappa shape index (κ3) is 2.05. The first-order chi connectivity index (χ1) is 6.29. The van der Waals surface area contributed by atoms with Gasteiger partial charge in [0.05, 0.1) is 11.4 Å². The summed E-state index contributed by atoms with van der Waals surface area (Å²) in [6.07, 6.45) is 1.16. The molecule has 0 aliphatic rings. The predicted molar refractivity (Wildman–Crippen MR) is 50.6 cm³/mol. The Bertz CT molecular complexity index is 323. The minimum Gasteiger partial charge on any atom is -0.327 e. The van der Waals surface area contributed by atoms with Gasteiger partial charge in [-0.2, -0.15) is 0 Å². The van der Waals surface area contributed by atoms with Gasteiger partial charge in [0.2, 0.25) is 12.8 Å². The Hall–Kier alpha value is -1.84. The molecule has 0 saturated carbocycles. The van der Waals surface area contributed by atoms with E-state index in [1.54, 1.807) is 12.1 Å². The number of nitrogens with one attached hydrogen (secondary N) is 2. The largest absolute Gasteiger partial charge is 0.327 e. The number of benzene rings is 1. The lowest BCUT2D eigenvalue weighted by atomic mass is 10.1. The lowest BCUT2D eigenvalue weighted by Crippen LogP contribution is -2.03. The van der Waals surface area contributed by atoms with Gasteiger partial charge in [0.1, 0.15) is 0 Å². The first-order valence-corrected chi connectivity index (χ1v) is 3.79. The zero-order valence-corrected chi connectivity index (χ0v) is 7.20. The molecule has 0 heterocycles. The minimum absolute atomic E-state index is 0.574. The van der Waals surface area contributed by atoms with Crippen molar-refractivity contribution in [2.45, 2.75) is 6.92 Å². The van der Waals surface area contributed by atoms with Crippen LogP contribution in [0.1, 0.15) is 5.56 Å². The molecule has 4 nitrogen and oxygen atoms in total. The fourth-order valence-corrected chi connectivity index (χ4v) is 1.10. The highest BCUT2D eigenvalue weighted by Gasteiger charge is 2.02. The van der Waals surface area contributed by atoms with Crippen LogP contribution >= 0.6 is 0 Å².